The van der Waals surface area contributed by atoms with Crippen LogP contribution in [0.15, 0.2) is 67.5 Å². The third-order valence-electron chi connectivity index (χ3n) is 6.07. The third kappa shape index (κ3) is 4.35. The van der Waals surface area contributed by atoms with Gasteiger partial charge in [-0.25, -0.2) is 15.0 Å². The molecule has 1 fully saturated rings. The summed E-state index contributed by atoms with van der Waals surface area (Å²) in [7, 11) is 0. The lowest BCUT2D eigenvalue weighted by Gasteiger charge is -2.13. The van der Waals surface area contributed by atoms with Crippen molar-refractivity contribution in [3.05, 3.63) is 78.8 Å². The molecule has 4 heterocycles. The average Bonchev–Trinajstić information content (AvgIpc) is 3.50. The Bertz CT molecular complexity index is 1450. The van der Waals surface area contributed by atoms with Crippen LogP contribution in [0, 0.1) is 0 Å². The van der Waals surface area contributed by atoms with E-state index in [0.717, 1.165) is 36.0 Å². The molecule has 11 heteroatoms. The highest BCUT2D eigenvalue weighted by atomic mass is 19.4. The molecular weight excluding hydrogens is 473 g/mol. The van der Waals surface area contributed by atoms with Crippen molar-refractivity contribution in [2.75, 3.05) is 18.8 Å². The van der Waals surface area contributed by atoms with Crippen molar-refractivity contribution in [3.63, 3.8) is 0 Å². The van der Waals surface area contributed by atoms with Crippen LogP contribution >= 0.6 is 0 Å². The first kappa shape index (κ1) is 23.3. The Labute approximate surface area is 203 Å². The second-order valence-corrected chi connectivity index (χ2v) is 8.33. The second kappa shape index (κ2) is 8.99. The van der Waals surface area contributed by atoms with E-state index >= 15 is 0 Å². The van der Waals surface area contributed by atoms with Gasteiger partial charge in [0.2, 0.25) is 17.7 Å². The number of fused-ring (bicyclic) bond motifs is 1. The van der Waals surface area contributed by atoms with Crippen LogP contribution < -0.4 is 10.5 Å². The molecule has 1 aliphatic rings. The topological polar surface area (TPSA) is 98.6 Å². The predicted molar refractivity (Wildman–Crippen MR) is 126 cm³/mol. The van der Waals surface area contributed by atoms with E-state index in [-0.39, 0.29) is 23.7 Å². The second-order valence-electron chi connectivity index (χ2n) is 8.33. The molecule has 5 rings (SSSR count). The minimum Gasteiger partial charge on any atom is -0.439 e. The summed E-state index contributed by atoms with van der Waals surface area (Å²) in [5, 5.41) is 0. The van der Waals surface area contributed by atoms with Crippen LogP contribution in [-0.4, -0.2) is 43.2 Å². The number of likely N-dealkylation sites (tertiary alicyclic amines) is 1. The van der Waals surface area contributed by atoms with Crippen molar-refractivity contribution >= 4 is 17.4 Å². The smallest absolute Gasteiger partial charge is 0.416 e. The van der Waals surface area contributed by atoms with E-state index in [0.29, 0.717) is 30.2 Å². The van der Waals surface area contributed by atoms with Gasteiger partial charge >= 0.3 is 6.18 Å². The highest BCUT2D eigenvalue weighted by Crippen LogP contribution is 2.35. The first-order valence-corrected chi connectivity index (χ1v) is 11.1. The van der Waals surface area contributed by atoms with Crippen molar-refractivity contribution in [1.29, 1.82) is 0 Å². The number of hydrogen-bond donors (Lipinski definition) is 1. The average molecular weight is 494 g/mol. The Morgan fingerprint density at radius 2 is 1.89 bits per heavy atom. The van der Waals surface area contributed by atoms with E-state index < -0.39 is 11.7 Å². The highest BCUT2D eigenvalue weighted by Gasteiger charge is 2.32. The number of nitrogen functional groups attached to an aromatic ring is 1. The summed E-state index contributed by atoms with van der Waals surface area (Å²) in [4.78, 5) is 26.7. The number of ether oxygens (including phenoxy) is 1. The maximum Gasteiger partial charge on any atom is 0.416 e. The Hall–Kier alpha value is -4.41. The zero-order valence-corrected chi connectivity index (χ0v) is 18.9. The van der Waals surface area contributed by atoms with E-state index in [9.17, 15) is 18.0 Å². The number of nitrogens with zero attached hydrogens (tertiary/aromatic N) is 5. The first-order chi connectivity index (χ1) is 17.2. The van der Waals surface area contributed by atoms with Crippen LogP contribution in [0.4, 0.5) is 19.1 Å². The fourth-order valence-corrected chi connectivity index (χ4v) is 4.32. The molecule has 2 N–H and O–H groups in total. The molecule has 36 heavy (non-hydrogen) atoms. The molecule has 1 aliphatic heterocycles. The number of hydrogen-bond acceptors (Lipinski definition) is 6. The summed E-state index contributed by atoms with van der Waals surface area (Å²) < 4.78 is 46.2. The highest BCUT2D eigenvalue weighted by molar-refractivity contribution is 5.87. The normalized spacial score (nSPS) is 15.9. The van der Waals surface area contributed by atoms with E-state index in [1.165, 1.54) is 6.08 Å². The van der Waals surface area contributed by atoms with E-state index in [1.54, 1.807) is 39.8 Å². The minimum absolute atomic E-state index is 0.0223. The fraction of sp³-hybridized carbons (Fsp3) is 0.200. The van der Waals surface area contributed by atoms with Crippen LogP contribution in [-0.2, 0) is 11.0 Å². The number of anilines is 1. The zero-order valence-electron chi connectivity index (χ0n) is 18.9. The van der Waals surface area contributed by atoms with Gasteiger partial charge in [0.1, 0.15) is 11.6 Å². The molecule has 3 aromatic heterocycles. The van der Waals surface area contributed by atoms with Crippen LogP contribution in [0.5, 0.6) is 11.6 Å². The van der Waals surface area contributed by atoms with Gasteiger partial charge in [0.05, 0.1) is 16.8 Å². The van der Waals surface area contributed by atoms with Gasteiger partial charge in [-0.15, -0.1) is 0 Å². The van der Waals surface area contributed by atoms with Gasteiger partial charge in [0, 0.05) is 43.0 Å². The Kier molecular flexibility index (Phi) is 5.83. The molecule has 1 unspecified atom stereocenters. The molecule has 1 saturated heterocycles. The first-order valence-electron chi connectivity index (χ1n) is 11.1. The molecule has 1 aromatic carbocycles. The number of nitrogens with two attached hydrogens (primary N) is 1. The molecule has 1 amide bonds. The maximum absolute atomic E-state index is 13.0. The maximum atomic E-state index is 13.0. The molecule has 4 aromatic rings. The molecule has 8 nitrogen and oxygen atoms in total. The summed E-state index contributed by atoms with van der Waals surface area (Å²) in [6.45, 7) is 4.69. The van der Waals surface area contributed by atoms with Gasteiger partial charge in [-0.05, 0) is 48.9 Å². The third-order valence-corrected chi connectivity index (χ3v) is 6.07. The summed E-state index contributed by atoms with van der Waals surface area (Å²) >= 11 is 0. The number of carbonyl (C=O) groups is 1. The fourth-order valence-electron chi connectivity index (χ4n) is 4.32. The lowest BCUT2D eigenvalue weighted by atomic mass is 10.0. The molecule has 0 spiro atoms. The Morgan fingerprint density at radius 3 is 2.61 bits per heavy atom. The lowest BCUT2D eigenvalue weighted by Crippen LogP contribution is -2.26. The number of aromatic nitrogens is 4. The molecule has 0 aliphatic carbocycles. The van der Waals surface area contributed by atoms with Crippen molar-refractivity contribution in [3.8, 4) is 23.0 Å². The number of alkyl halides is 3. The number of imidazole rings is 1. The monoisotopic (exact) mass is 494 g/mol. The van der Waals surface area contributed by atoms with Gasteiger partial charge in [-0.2, -0.15) is 13.2 Å². The van der Waals surface area contributed by atoms with Crippen molar-refractivity contribution in [2.24, 2.45) is 0 Å². The summed E-state index contributed by atoms with van der Waals surface area (Å²) in [6, 6.07) is 10.3. The van der Waals surface area contributed by atoms with Crippen molar-refractivity contribution in [1.82, 2.24) is 24.3 Å². The van der Waals surface area contributed by atoms with Crippen molar-refractivity contribution in [2.45, 2.75) is 18.5 Å². The number of rotatable bonds is 5. The molecule has 1 atom stereocenters. The minimum atomic E-state index is -4.49. The number of pyridine rings is 1. The van der Waals surface area contributed by atoms with E-state index in [2.05, 4.69) is 16.5 Å². The predicted octanol–water partition coefficient (Wildman–Crippen LogP) is 4.69. The van der Waals surface area contributed by atoms with Crippen LogP contribution in [0.2, 0.25) is 0 Å². The van der Waals surface area contributed by atoms with Gasteiger partial charge in [0.15, 0.2) is 0 Å². The summed E-state index contributed by atoms with van der Waals surface area (Å²) in [5.74, 6) is 0.864. The quantitative estimate of drug-likeness (QED) is 0.405. The standard InChI is InChI=1S/C25H21F3N6O2/c1-2-21(35)33-12-9-16(14-33)22-19-8-11-31-24(29)34(19)23(32-22)15-3-5-18(6-4-15)36-20-13-17(7-10-30-20)25(26,27)28/h2-8,10-11,13,16H,1,9,12,14H2,(H2,29,31). The van der Waals surface area contributed by atoms with Gasteiger partial charge in [-0.1, -0.05) is 6.58 Å². The van der Waals surface area contributed by atoms with Crippen molar-refractivity contribution < 1.29 is 22.7 Å². The van der Waals surface area contributed by atoms with E-state index in [4.69, 9.17) is 15.5 Å². The molecule has 0 bridgehead atoms. The van der Waals surface area contributed by atoms with Gasteiger partial charge in [0.25, 0.3) is 0 Å². The molecule has 184 valence electrons. The zero-order chi connectivity index (χ0) is 25.4. The van der Waals surface area contributed by atoms with Crippen LogP contribution in [0.25, 0.3) is 16.9 Å². The largest absolute Gasteiger partial charge is 0.439 e. The summed E-state index contributed by atoms with van der Waals surface area (Å²) in [6.07, 6.45) is 0.228. The number of halogens is 3. The molecule has 0 saturated carbocycles. The Morgan fingerprint density at radius 1 is 1.14 bits per heavy atom. The number of carbonyl (C=O) groups excluding carboxylic acids is 1. The molecule has 0 radical (unpaired) electrons. The van der Waals surface area contributed by atoms with Gasteiger partial charge in [-0.3, -0.25) is 9.20 Å². The van der Waals surface area contributed by atoms with Crippen LogP contribution in [0.1, 0.15) is 23.6 Å². The Balaban J connectivity index is 1.45. The SMILES string of the molecule is C=CC(=O)N1CCC(c2nc(-c3ccc(Oc4cc(C(F)(F)F)ccn4)cc3)n3c(N)nccc23)C1. The lowest BCUT2D eigenvalue weighted by molar-refractivity contribution is -0.137. The van der Waals surface area contributed by atoms with Crippen LogP contribution in [0.3, 0.4) is 0 Å². The number of benzene rings is 1. The van der Waals surface area contributed by atoms with Gasteiger partial charge < -0.3 is 15.4 Å². The number of amides is 1. The van der Waals surface area contributed by atoms with E-state index in [1.807, 2.05) is 6.07 Å². The summed E-state index contributed by atoms with van der Waals surface area (Å²) in [5.41, 5.74) is 7.66. The molecular formula is C25H21F3N6O2.